The molecule has 170 valence electrons. The van der Waals surface area contributed by atoms with Crippen molar-refractivity contribution in [3.05, 3.63) is 65.2 Å². The number of piperazine rings is 1. The van der Waals surface area contributed by atoms with Crippen LogP contribution in [0.3, 0.4) is 0 Å². The Balaban J connectivity index is 1.44. The van der Waals surface area contributed by atoms with E-state index in [9.17, 15) is 18.8 Å². The van der Waals surface area contributed by atoms with Crippen LogP contribution in [0.5, 0.6) is 0 Å². The Morgan fingerprint density at radius 3 is 2.47 bits per heavy atom. The van der Waals surface area contributed by atoms with Crippen molar-refractivity contribution in [1.82, 2.24) is 10.2 Å². The molecule has 1 fully saturated rings. The summed E-state index contributed by atoms with van der Waals surface area (Å²) < 4.78 is 26.9. The summed E-state index contributed by atoms with van der Waals surface area (Å²) in [5.41, 5.74) is 2.17. The lowest BCUT2D eigenvalue weighted by Crippen LogP contribution is -2.47. The number of carbonyl (C=O) groups excluding carboxylic acids is 1. The molecule has 32 heavy (non-hydrogen) atoms. The van der Waals surface area contributed by atoms with E-state index in [0.717, 1.165) is 57.0 Å². The minimum Gasteiger partial charge on any atom is -0.368 e. The van der Waals surface area contributed by atoms with Gasteiger partial charge in [-0.3, -0.25) is 9.69 Å². The van der Waals surface area contributed by atoms with Crippen LogP contribution in [-0.2, 0) is 4.79 Å². The van der Waals surface area contributed by atoms with E-state index >= 15 is 0 Å². The summed E-state index contributed by atoms with van der Waals surface area (Å²) in [5.74, 6) is -2.56. The first-order valence-electron chi connectivity index (χ1n) is 11.1. The number of nitriles is 1. The van der Waals surface area contributed by atoms with E-state index in [4.69, 9.17) is 0 Å². The third kappa shape index (κ3) is 5.83. The maximum Gasteiger partial charge on any atom is 0.227 e. The molecule has 3 rings (SSSR count). The molecule has 0 radical (unpaired) electrons. The van der Waals surface area contributed by atoms with Gasteiger partial charge in [0.1, 0.15) is 6.07 Å². The summed E-state index contributed by atoms with van der Waals surface area (Å²) in [6, 6.07) is 13.6. The van der Waals surface area contributed by atoms with Crippen LogP contribution in [0.4, 0.5) is 14.5 Å². The molecule has 1 saturated heterocycles. The number of carbonyl (C=O) groups is 1. The van der Waals surface area contributed by atoms with Gasteiger partial charge in [0, 0.05) is 32.7 Å². The van der Waals surface area contributed by atoms with Gasteiger partial charge in [0.05, 0.1) is 17.2 Å². The largest absolute Gasteiger partial charge is 0.368 e. The third-order valence-electron chi connectivity index (χ3n) is 5.94. The SMILES string of the molecule is CC(C)C(C(=O)NCCCN1CCN(c2ccccc2C#N)CC1)c1ccc(F)c(F)c1. The first kappa shape index (κ1) is 23.7. The molecule has 0 spiro atoms. The minimum absolute atomic E-state index is 0.0378. The van der Waals surface area contributed by atoms with E-state index < -0.39 is 17.6 Å². The average Bonchev–Trinajstić information content (AvgIpc) is 2.79. The summed E-state index contributed by atoms with van der Waals surface area (Å²) in [6.45, 7) is 8.71. The zero-order chi connectivity index (χ0) is 23.1. The van der Waals surface area contributed by atoms with Gasteiger partial charge in [0.25, 0.3) is 0 Å². The van der Waals surface area contributed by atoms with Crippen LogP contribution in [0.15, 0.2) is 42.5 Å². The van der Waals surface area contributed by atoms with E-state index in [-0.39, 0.29) is 11.8 Å². The molecule has 1 heterocycles. The second-order valence-corrected chi connectivity index (χ2v) is 8.50. The minimum atomic E-state index is -0.933. The topological polar surface area (TPSA) is 59.4 Å². The molecule has 1 unspecified atom stereocenters. The second kappa shape index (κ2) is 11.1. The quantitative estimate of drug-likeness (QED) is 0.633. The van der Waals surface area contributed by atoms with Crippen LogP contribution in [0.2, 0.25) is 0 Å². The summed E-state index contributed by atoms with van der Waals surface area (Å²) in [5, 5.41) is 12.3. The molecule has 7 heteroatoms. The van der Waals surface area contributed by atoms with Crippen LogP contribution >= 0.6 is 0 Å². The number of para-hydroxylation sites is 1. The van der Waals surface area contributed by atoms with Crippen molar-refractivity contribution in [1.29, 1.82) is 5.26 Å². The fraction of sp³-hybridized carbons (Fsp3) is 0.440. The van der Waals surface area contributed by atoms with E-state index in [0.29, 0.717) is 17.7 Å². The van der Waals surface area contributed by atoms with Gasteiger partial charge < -0.3 is 10.2 Å². The van der Waals surface area contributed by atoms with E-state index in [1.807, 2.05) is 38.1 Å². The zero-order valence-electron chi connectivity index (χ0n) is 18.7. The van der Waals surface area contributed by atoms with Crippen molar-refractivity contribution in [3.8, 4) is 6.07 Å². The standard InChI is InChI=1S/C25H30F2N4O/c1-18(2)24(19-8-9-21(26)22(27)16-19)25(32)29-10-5-11-30-12-14-31(15-13-30)23-7-4-3-6-20(23)17-28/h3-4,6-9,16,18,24H,5,10-15H2,1-2H3,(H,29,32). The van der Waals surface area contributed by atoms with Crippen LogP contribution in [0.25, 0.3) is 0 Å². The Hall–Kier alpha value is -2.98. The fourth-order valence-corrected chi connectivity index (χ4v) is 4.23. The van der Waals surface area contributed by atoms with Crippen LogP contribution in [-0.4, -0.2) is 50.1 Å². The number of amides is 1. The normalized spacial score (nSPS) is 15.4. The highest BCUT2D eigenvalue weighted by molar-refractivity contribution is 5.83. The maximum absolute atomic E-state index is 13.6. The zero-order valence-corrected chi connectivity index (χ0v) is 18.7. The molecule has 1 atom stereocenters. The summed E-state index contributed by atoms with van der Waals surface area (Å²) in [4.78, 5) is 17.3. The number of hydrogen-bond donors (Lipinski definition) is 1. The number of nitrogens with one attached hydrogen (secondary N) is 1. The summed E-state index contributed by atoms with van der Waals surface area (Å²) >= 11 is 0. The number of hydrogen-bond acceptors (Lipinski definition) is 4. The number of nitrogens with zero attached hydrogens (tertiary/aromatic N) is 3. The molecular weight excluding hydrogens is 410 g/mol. The Morgan fingerprint density at radius 1 is 1.09 bits per heavy atom. The highest BCUT2D eigenvalue weighted by atomic mass is 19.2. The smallest absolute Gasteiger partial charge is 0.227 e. The molecule has 1 N–H and O–H groups in total. The molecule has 5 nitrogen and oxygen atoms in total. The van der Waals surface area contributed by atoms with Crippen molar-refractivity contribution in [2.24, 2.45) is 5.92 Å². The molecular formula is C25H30F2N4O. The molecule has 0 aliphatic carbocycles. The van der Waals surface area contributed by atoms with Crippen molar-refractivity contribution < 1.29 is 13.6 Å². The van der Waals surface area contributed by atoms with Crippen LogP contribution in [0.1, 0.15) is 37.3 Å². The van der Waals surface area contributed by atoms with Gasteiger partial charge >= 0.3 is 0 Å². The molecule has 2 aromatic carbocycles. The number of rotatable bonds is 8. The molecule has 1 aliphatic heterocycles. The van der Waals surface area contributed by atoms with Crippen molar-refractivity contribution in [2.45, 2.75) is 26.2 Å². The number of anilines is 1. The second-order valence-electron chi connectivity index (χ2n) is 8.50. The summed E-state index contributed by atoms with van der Waals surface area (Å²) in [6.07, 6.45) is 0.809. The fourth-order valence-electron chi connectivity index (χ4n) is 4.23. The predicted molar refractivity (Wildman–Crippen MR) is 121 cm³/mol. The molecule has 2 aromatic rings. The van der Waals surface area contributed by atoms with Crippen molar-refractivity contribution in [2.75, 3.05) is 44.2 Å². The molecule has 1 aliphatic rings. The van der Waals surface area contributed by atoms with Gasteiger partial charge in [-0.05, 0) is 48.7 Å². The van der Waals surface area contributed by atoms with E-state index in [1.54, 1.807) is 0 Å². The highest BCUT2D eigenvalue weighted by Crippen LogP contribution is 2.26. The van der Waals surface area contributed by atoms with Crippen molar-refractivity contribution in [3.63, 3.8) is 0 Å². The van der Waals surface area contributed by atoms with E-state index in [1.165, 1.54) is 6.07 Å². The van der Waals surface area contributed by atoms with Crippen molar-refractivity contribution >= 4 is 11.6 Å². The predicted octanol–water partition coefficient (Wildman–Crippen LogP) is 3.90. The van der Waals surface area contributed by atoms with Crippen LogP contribution < -0.4 is 10.2 Å². The van der Waals surface area contributed by atoms with Gasteiger partial charge in [-0.2, -0.15) is 5.26 Å². The summed E-state index contributed by atoms with van der Waals surface area (Å²) in [7, 11) is 0. The number of halogens is 2. The molecule has 0 saturated carbocycles. The molecule has 1 amide bonds. The Kier molecular flexibility index (Phi) is 8.18. The lowest BCUT2D eigenvalue weighted by molar-refractivity contribution is -0.123. The molecule has 0 aromatic heterocycles. The van der Waals surface area contributed by atoms with Crippen LogP contribution in [0, 0.1) is 28.9 Å². The third-order valence-corrected chi connectivity index (χ3v) is 5.94. The Bertz CT molecular complexity index is 965. The van der Waals surface area contributed by atoms with Gasteiger partial charge in [-0.15, -0.1) is 0 Å². The average molecular weight is 441 g/mol. The van der Waals surface area contributed by atoms with Gasteiger partial charge in [0.15, 0.2) is 11.6 Å². The van der Waals surface area contributed by atoms with Gasteiger partial charge in [-0.25, -0.2) is 8.78 Å². The highest BCUT2D eigenvalue weighted by Gasteiger charge is 2.25. The maximum atomic E-state index is 13.6. The Morgan fingerprint density at radius 2 is 1.81 bits per heavy atom. The lowest BCUT2D eigenvalue weighted by atomic mass is 9.87. The lowest BCUT2D eigenvalue weighted by Gasteiger charge is -2.36. The Labute approximate surface area is 188 Å². The van der Waals surface area contributed by atoms with Gasteiger partial charge in [-0.1, -0.05) is 32.0 Å². The monoisotopic (exact) mass is 440 g/mol. The number of benzene rings is 2. The first-order chi connectivity index (χ1) is 15.4. The molecule has 0 bridgehead atoms. The van der Waals surface area contributed by atoms with Gasteiger partial charge in [0.2, 0.25) is 5.91 Å². The van der Waals surface area contributed by atoms with E-state index in [2.05, 4.69) is 21.2 Å². The first-order valence-corrected chi connectivity index (χ1v) is 11.1.